The van der Waals surface area contributed by atoms with Crippen LogP contribution in [0.5, 0.6) is 0 Å². The zero-order valence-corrected chi connectivity index (χ0v) is 14.2. The predicted molar refractivity (Wildman–Crippen MR) is 89.8 cm³/mol. The van der Waals surface area contributed by atoms with Crippen LogP contribution in [0.15, 0.2) is 18.2 Å². The fraction of sp³-hybridized carbons (Fsp3) is 0.267. The number of halogens is 2. The van der Waals surface area contributed by atoms with Gasteiger partial charge in [-0.2, -0.15) is 5.10 Å². The van der Waals surface area contributed by atoms with E-state index in [9.17, 15) is 14.7 Å². The molecule has 2 N–H and O–H groups in total. The average Bonchev–Trinajstić information content (AvgIpc) is 2.88. The number of hydrogen-bond acceptors (Lipinski definition) is 3. The van der Waals surface area contributed by atoms with E-state index in [1.165, 1.54) is 0 Å². The highest BCUT2D eigenvalue weighted by Crippen LogP contribution is 2.26. The van der Waals surface area contributed by atoms with Crippen molar-refractivity contribution in [1.29, 1.82) is 0 Å². The molecule has 0 bridgehead atoms. The summed E-state index contributed by atoms with van der Waals surface area (Å²) >= 11 is 11.8. The van der Waals surface area contributed by atoms with E-state index in [0.29, 0.717) is 34.3 Å². The fourth-order valence-electron chi connectivity index (χ4n) is 2.71. The first-order valence-electron chi connectivity index (χ1n) is 7.16. The molecule has 126 valence electrons. The first-order valence-corrected chi connectivity index (χ1v) is 7.91. The lowest BCUT2D eigenvalue weighted by Crippen LogP contribution is -2.39. The minimum atomic E-state index is -1.10. The molecule has 2 aromatic rings. The SMILES string of the molecule is Cn1nc(C(=O)O)c2c1CCN(C(=O)Nc1ccc(Cl)c(Cl)c1)C2. The van der Waals surface area contributed by atoms with E-state index in [2.05, 4.69) is 10.4 Å². The van der Waals surface area contributed by atoms with E-state index in [4.69, 9.17) is 23.2 Å². The number of urea groups is 1. The van der Waals surface area contributed by atoms with E-state index in [1.54, 1.807) is 34.8 Å². The van der Waals surface area contributed by atoms with Crippen molar-refractivity contribution in [2.24, 2.45) is 7.05 Å². The normalized spacial score (nSPS) is 13.5. The largest absolute Gasteiger partial charge is 0.476 e. The maximum absolute atomic E-state index is 12.4. The second-order valence-corrected chi connectivity index (χ2v) is 6.25. The average molecular weight is 369 g/mol. The van der Waals surface area contributed by atoms with Crippen molar-refractivity contribution in [2.45, 2.75) is 13.0 Å². The summed E-state index contributed by atoms with van der Waals surface area (Å²) in [6.07, 6.45) is 0.543. The van der Waals surface area contributed by atoms with E-state index in [1.807, 2.05) is 0 Å². The Morgan fingerprint density at radius 2 is 2.04 bits per heavy atom. The maximum Gasteiger partial charge on any atom is 0.356 e. The van der Waals surface area contributed by atoms with Crippen LogP contribution in [-0.4, -0.2) is 38.3 Å². The predicted octanol–water partition coefficient (Wildman–Crippen LogP) is 3.02. The van der Waals surface area contributed by atoms with Gasteiger partial charge >= 0.3 is 12.0 Å². The molecule has 0 fully saturated rings. The van der Waals surface area contributed by atoms with Gasteiger partial charge in [0.05, 0.1) is 16.6 Å². The summed E-state index contributed by atoms with van der Waals surface area (Å²) in [4.78, 5) is 25.3. The number of hydrogen-bond donors (Lipinski definition) is 2. The van der Waals surface area contributed by atoms with Gasteiger partial charge in [0.25, 0.3) is 0 Å². The van der Waals surface area contributed by atoms with Gasteiger partial charge < -0.3 is 15.3 Å². The molecular formula is C15H14Cl2N4O3. The number of nitrogens with one attached hydrogen (secondary N) is 1. The van der Waals surface area contributed by atoms with Gasteiger partial charge in [0.2, 0.25) is 0 Å². The Morgan fingerprint density at radius 1 is 1.29 bits per heavy atom. The highest BCUT2D eigenvalue weighted by molar-refractivity contribution is 6.42. The van der Waals surface area contributed by atoms with Crippen molar-refractivity contribution in [3.63, 3.8) is 0 Å². The molecule has 2 heterocycles. The summed E-state index contributed by atoms with van der Waals surface area (Å²) in [6.45, 7) is 0.663. The number of nitrogens with zero attached hydrogens (tertiary/aromatic N) is 3. The summed E-state index contributed by atoms with van der Waals surface area (Å²) < 4.78 is 1.56. The molecule has 1 aromatic heterocycles. The zero-order chi connectivity index (χ0) is 17.4. The van der Waals surface area contributed by atoms with Crippen LogP contribution >= 0.6 is 23.2 Å². The van der Waals surface area contributed by atoms with Crippen LogP contribution in [0.1, 0.15) is 21.7 Å². The number of fused-ring (bicyclic) bond motifs is 1. The van der Waals surface area contributed by atoms with Crippen LogP contribution in [0.25, 0.3) is 0 Å². The highest BCUT2D eigenvalue weighted by Gasteiger charge is 2.29. The maximum atomic E-state index is 12.4. The molecule has 1 aliphatic heterocycles. The number of rotatable bonds is 2. The molecule has 0 radical (unpaired) electrons. The molecule has 0 spiro atoms. The monoisotopic (exact) mass is 368 g/mol. The zero-order valence-electron chi connectivity index (χ0n) is 12.7. The van der Waals surface area contributed by atoms with Crippen LogP contribution in [0.3, 0.4) is 0 Å². The summed E-state index contributed by atoms with van der Waals surface area (Å²) in [5, 5.41) is 16.7. The number of amides is 2. The molecule has 1 aromatic carbocycles. The highest BCUT2D eigenvalue weighted by atomic mass is 35.5. The van der Waals surface area contributed by atoms with Gasteiger partial charge in [0.15, 0.2) is 5.69 Å². The molecule has 1 aliphatic rings. The van der Waals surface area contributed by atoms with Crippen molar-refractivity contribution >= 4 is 40.9 Å². The molecule has 9 heteroatoms. The minimum Gasteiger partial charge on any atom is -0.476 e. The van der Waals surface area contributed by atoms with Gasteiger partial charge in [-0.05, 0) is 18.2 Å². The first kappa shape index (κ1) is 16.6. The van der Waals surface area contributed by atoms with Crippen LogP contribution in [0.4, 0.5) is 10.5 Å². The Balaban J connectivity index is 1.78. The molecule has 7 nitrogen and oxygen atoms in total. The Morgan fingerprint density at radius 3 is 2.71 bits per heavy atom. The van der Waals surface area contributed by atoms with Gasteiger partial charge in [-0.15, -0.1) is 0 Å². The molecule has 0 aliphatic carbocycles. The molecular weight excluding hydrogens is 355 g/mol. The molecule has 24 heavy (non-hydrogen) atoms. The first-order chi connectivity index (χ1) is 11.4. The number of carboxylic acids is 1. The third-order valence-electron chi connectivity index (χ3n) is 3.90. The standard InChI is InChI=1S/C15H14Cl2N4O3/c1-20-12-4-5-21(7-9(12)13(19-20)14(22)23)15(24)18-8-2-3-10(16)11(17)6-8/h2-3,6H,4-5,7H2,1H3,(H,18,24)(H,22,23). The van der Waals surface area contributed by atoms with Crippen LogP contribution in [0, 0.1) is 0 Å². The van der Waals surface area contributed by atoms with Gasteiger partial charge in [-0.25, -0.2) is 9.59 Å². The summed E-state index contributed by atoms with van der Waals surface area (Å²) in [7, 11) is 1.71. The number of carboxylic acid groups (broad SMARTS) is 1. The number of benzene rings is 1. The number of aromatic nitrogens is 2. The summed E-state index contributed by atoms with van der Waals surface area (Å²) in [5.41, 5.74) is 1.91. The molecule has 0 atom stereocenters. The van der Waals surface area contributed by atoms with Crippen molar-refractivity contribution in [1.82, 2.24) is 14.7 Å². The second kappa shape index (κ2) is 6.33. The number of carbonyl (C=O) groups is 2. The van der Waals surface area contributed by atoms with Gasteiger partial charge in [-0.3, -0.25) is 4.68 Å². The lowest BCUT2D eigenvalue weighted by Gasteiger charge is -2.27. The lowest BCUT2D eigenvalue weighted by molar-refractivity contribution is 0.0687. The van der Waals surface area contributed by atoms with E-state index in [0.717, 1.165) is 5.69 Å². The molecule has 0 unspecified atom stereocenters. The number of carbonyl (C=O) groups excluding carboxylic acids is 1. The van der Waals surface area contributed by atoms with E-state index >= 15 is 0 Å². The van der Waals surface area contributed by atoms with Gasteiger partial charge in [0, 0.05) is 37.0 Å². The van der Waals surface area contributed by atoms with Crippen molar-refractivity contribution < 1.29 is 14.7 Å². The lowest BCUT2D eigenvalue weighted by atomic mass is 10.1. The Hall–Kier alpha value is -2.25. The molecule has 0 saturated heterocycles. The van der Waals surface area contributed by atoms with Crippen molar-refractivity contribution in [3.05, 3.63) is 45.2 Å². The van der Waals surface area contributed by atoms with Gasteiger partial charge in [0.1, 0.15) is 0 Å². The van der Waals surface area contributed by atoms with Crippen LogP contribution in [0.2, 0.25) is 10.0 Å². The molecule has 2 amide bonds. The molecule has 0 saturated carbocycles. The third kappa shape index (κ3) is 3.05. The third-order valence-corrected chi connectivity index (χ3v) is 4.64. The fourth-order valence-corrected chi connectivity index (χ4v) is 3.01. The van der Waals surface area contributed by atoms with Crippen LogP contribution < -0.4 is 5.32 Å². The number of aromatic carboxylic acids is 1. The Kier molecular flexibility index (Phi) is 4.38. The van der Waals surface area contributed by atoms with Crippen molar-refractivity contribution in [2.75, 3.05) is 11.9 Å². The minimum absolute atomic E-state index is 0.0143. The summed E-state index contributed by atoms with van der Waals surface area (Å²) in [6, 6.07) is 4.47. The van der Waals surface area contributed by atoms with Gasteiger partial charge in [-0.1, -0.05) is 23.2 Å². The number of anilines is 1. The number of aryl methyl sites for hydroxylation is 1. The topological polar surface area (TPSA) is 87.5 Å². The molecule has 3 rings (SSSR count). The van der Waals surface area contributed by atoms with Crippen LogP contribution in [-0.2, 0) is 20.0 Å². The Labute approximate surface area is 147 Å². The van der Waals surface area contributed by atoms with E-state index in [-0.39, 0.29) is 18.3 Å². The Bertz CT molecular complexity index is 834. The smallest absolute Gasteiger partial charge is 0.356 e. The van der Waals surface area contributed by atoms with Crippen molar-refractivity contribution in [3.8, 4) is 0 Å². The van der Waals surface area contributed by atoms with E-state index < -0.39 is 5.97 Å². The summed E-state index contributed by atoms with van der Waals surface area (Å²) in [5.74, 6) is -1.10. The quantitative estimate of drug-likeness (QED) is 0.852. The second-order valence-electron chi connectivity index (χ2n) is 5.43.